The first-order valence-electron chi connectivity index (χ1n) is 8.79. The van der Waals surface area contributed by atoms with Crippen LogP contribution in [-0.2, 0) is 5.54 Å². The van der Waals surface area contributed by atoms with E-state index in [9.17, 15) is 10.4 Å². The second-order valence-electron chi connectivity index (χ2n) is 7.21. The third-order valence-electron chi connectivity index (χ3n) is 5.52. The number of fused-ring (bicyclic) bond motifs is 2. The quantitative estimate of drug-likeness (QED) is 0.761. The van der Waals surface area contributed by atoms with Crippen molar-refractivity contribution in [2.24, 2.45) is 0 Å². The van der Waals surface area contributed by atoms with Crippen LogP contribution < -0.4 is 10.6 Å². The van der Waals surface area contributed by atoms with Crippen LogP contribution in [0.1, 0.15) is 41.3 Å². The Kier molecular flexibility index (Phi) is 4.11. The average Bonchev–Trinajstić information content (AvgIpc) is 2.90. The van der Waals surface area contributed by atoms with Crippen molar-refractivity contribution in [3.63, 3.8) is 0 Å². The lowest BCUT2D eigenvalue weighted by molar-refractivity contribution is 0.0806. The number of benzene rings is 1. The second-order valence-corrected chi connectivity index (χ2v) is 7.21. The van der Waals surface area contributed by atoms with Crippen LogP contribution in [0.5, 0.6) is 0 Å². The molecule has 1 spiro atoms. The van der Waals surface area contributed by atoms with Crippen LogP contribution in [0.3, 0.4) is 0 Å². The molecular weight excluding hydrogens is 328 g/mol. The number of hydrogen-bond acceptors (Lipinski definition) is 7. The predicted molar refractivity (Wildman–Crippen MR) is 97.7 cm³/mol. The SMILES string of the molecule is Cc1cc(Nc2ncncc2C#N)cc2c1C(O)NC21CCN(C)CC1. The minimum absolute atomic E-state index is 0.201. The van der Waals surface area contributed by atoms with E-state index in [1.54, 1.807) is 0 Å². The molecule has 1 saturated heterocycles. The van der Waals surface area contributed by atoms with Gasteiger partial charge in [-0.3, -0.25) is 5.32 Å². The largest absolute Gasteiger partial charge is 0.374 e. The molecule has 4 rings (SSSR count). The number of hydrogen-bond donors (Lipinski definition) is 3. The molecule has 0 radical (unpaired) electrons. The molecular formula is C19H22N6O. The van der Waals surface area contributed by atoms with Crippen molar-refractivity contribution < 1.29 is 5.11 Å². The zero-order chi connectivity index (χ0) is 18.3. The van der Waals surface area contributed by atoms with Gasteiger partial charge in [0.25, 0.3) is 0 Å². The minimum Gasteiger partial charge on any atom is -0.374 e. The van der Waals surface area contributed by atoms with E-state index >= 15 is 0 Å². The van der Waals surface area contributed by atoms with Gasteiger partial charge in [-0.25, -0.2) is 9.97 Å². The molecule has 0 aliphatic carbocycles. The van der Waals surface area contributed by atoms with E-state index in [0.29, 0.717) is 11.4 Å². The molecule has 1 aromatic carbocycles. The average molecular weight is 350 g/mol. The first-order valence-corrected chi connectivity index (χ1v) is 8.79. The van der Waals surface area contributed by atoms with Gasteiger partial charge in [-0.05, 0) is 63.2 Å². The lowest BCUT2D eigenvalue weighted by Gasteiger charge is -2.39. The molecule has 0 amide bonds. The number of aliphatic hydroxyl groups excluding tert-OH is 1. The first kappa shape index (κ1) is 16.9. The fourth-order valence-corrected chi connectivity index (χ4v) is 4.10. The molecule has 1 fully saturated rings. The number of rotatable bonds is 2. The summed E-state index contributed by atoms with van der Waals surface area (Å²) in [5.74, 6) is 0.491. The summed E-state index contributed by atoms with van der Waals surface area (Å²) in [6.45, 7) is 3.98. The summed E-state index contributed by atoms with van der Waals surface area (Å²) in [6.07, 6.45) is 4.18. The van der Waals surface area contributed by atoms with Gasteiger partial charge in [0.1, 0.15) is 24.2 Å². The summed E-state index contributed by atoms with van der Waals surface area (Å²) in [6, 6.07) is 6.18. The highest BCUT2D eigenvalue weighted by atomic mass is 16.3. The monoisotopic (exact) mass is 350 g/mol. The molecule has 1 aromatic heterocycles. The van der Waals surface area contributed by atoms with E-state index in [2.05, 4.69) is 44.7 Å². The van der Waals surface area contributed by atoms with Crippen LogP contribution >= 0.6 is 0 Å². The summed E-state index contributed by atoms with van der Waals surface area (Å²) in [5, 5.41) is 26.5. The second kappa shape index (κ2) is 6.32. The van der Waals surface area contributed by atoms with Crippen molar-refractivity contribution in [1.29, 1.82) is 5.26 Å². The number of aryl methyl sites for hydroxylation is 1. The summed E-state index contributed by atoms with van der Waals surface area (Å²) in [4.78, 5) is 10.4. The lowest BCUT2D eigenvalue weighted by Crippen LogP contribution is -2.47. The Morgan fingerprint density at radius 3 is 2.88 bits per heavy atom. The van der Waals surface area contributed by atoms with E-state index in [-0.39, 0.29) is 5.54 Å². The maximum Gasteiger partial charge on any atom is 0.151 e. The third kappa shape index (κ3) is 2.72. The number of likely N-dealkylation sites (tertiary alicyclic amines) is 1. The third-order valence-corrected chi connectivity index (χ3v) is 5.52. The molecule has 26 heavy (non-hydrogen) atoms. The molecule has 1 atom stereocenters. The smallest absolute Gasteiger partial charge is 0.151 e. The van der Waals surface area contributed by atoms with Gasteiger partial charge >= 0.3 is 0 Å². The molecule has 0 bridgehead atoms. The van der Waals surface area contributed by atoms with Gasteiger partial charge in [-0.2, -0.15) is 5.26 Å². The molecule has 1 unspecified atom stereocenters. The first-order chi connectivity index (χ1) is 12.5. The molecule has 0 saturated carbocycles. The molecule has 3 heterocycles. The summed E-state index contributed by atoms with van der Waals surface area (Å²) >= 11 is 0. The number of nitrogens with one attached hydrogen (secondary N) is 2. The van der Waals surface area contributed by atoms with Gasteiger partial charge in [0.2, 0.25) is 0 Å². The fourth-order valence-electron chi connectivity index (χ4n) is 4.10. The summed E-state index contributed by atoms with van der Waals surface area (Å²) in [5.41, 5.74) is 4.21. The van der Waals surface area contributed by atoms with Gasteiger partial charge < -0.3 is 15.3 Å². The van der Waals surface area contributed by atoms with Crippen LogP contribution in [0.2, 0.25) is 0 Å². The Morgan fingerprint density at radius 1 is 1.38 bits per heavy atom. The highest BCUT2D eigenvalue weighted by Gasteiger charge is 2.45. The van der Waals surface area contributed by atoms with Gasteiger partial charge in [0.15, 0.2) is 5.82 Å². The van der Waals surface area contributed by atoms with E-state index in [0.717, 1.165) is 48.3 Å². The molecule has 134 valence electrons. The molecule has 2 aromatic rings. The Bertz CT molecular complexity index is 882. The highest BCUT2D eigenvalue weighted by Crippen LogP contribution is 2.45. The van der Waals surface area contributed by atoms with Crippen LogP contribution in [0.15, 0.2) is 24.7 Å². The van der Waals surface area contributed by atoms with E-state index in [1.807, 2.05) is 13.0 Å². The van der Waals surface area contributed by atoms with Crippen LogP contribution in [0.4, 0.5) is 11.5 Å². The van der Waals surface area contributed by atoms with Gasteiger partial charge in [-0.15, -0.1) is 0 Å². The topological polar surface area (TPSA) is 97.1 Å². The Hall–Kier alpha value is -2.53. The standard InChI is InChI=1S/C19H22N6O/c1-12-7-14(23-17-13(9-20)10-21-11-22-17)8-15-16(12)18(26)24-19(15)3-5-25(2)6-4-19/h7-8,10-11,18,24,26H,3-6H2,1-2H3,(H,21,22,23). The van der Waals surface area contributed by atoms with E-state index < -0.39 is 6.23 Å². The summed E-state index contributed by atoms with van der Waals surface area (Å²) < 4.78 is 0. The number of anilines is 2. The number of aromatic nitrogens is 2. The molecule has 7 heteroatoms. The number of aliphatic hydroxyl groups is 1. The zero-order valence-corrected chi connectivity index (χ0v) is 15.0. The maximum atomic E-state index is 10.6. The van der Waals surface area contributed by atoms with Crippen molar-refractivity contribution in [1.82, 2.24) is 20.2 Å². The minimum atomic E-state index is -0.642. The van der Waals surface area contributed by atoms with Crippen molar-refractivity contribution in [3.8, 4) is 6.07 Å². The van der Waals surface area contributed by atoms with Crippen LogP contribution in [0, 0.1) is 18.3 Å². The van der Waals surface area contributed by atoms with Crippen molar-refractivity contribution in [2.75, 3.05) is 25.5 Å². The Morgan fingerprint density at radius 2 is 2.15 bits per heavy atom. The number of nitriles is 1. The van der Waals surface area contributed by atoms with Crippen molar-refractivity contribution in [2.45, 2.75) is 31.5 Å². The molecule has 7 nitrogen and oxygen atoms in total. The number of piperidine rings is 1. The van der Waals surface area contributed by atoms with Crippen LogP contribution in [0.25, 0.3) is 0 Å². The highest BCUT2D eigenvalue weighted by molar-refractivity contribution is 5.65. The van der Waals surface area contributed by atoms with Gasteiger partial charge in [0, 0.05) is 16.8 Å². The predicted octanol–water partition coefficient (Wildman–Crippen LogP) is 1.92. The molecule has 2 aliphatic rings. The summed E-state index contributed by atoms with van der Waals surface area (Å²) in [7, 11) is 2.13. The van der Waals surface area contributed by atoms with Crippen molar-refractivity contribution >= 4 is 11.5 Å². The van der Waals surface area contributed by atoms with E-state index in [4.69, 9.17) is 0 Å². The molecule has 3 N–H and O–H groups in total. The molecule has 2 aliphatic heterocycles. The lowest BCUT2D eigenvalue weighted by atomic mass is 9.81. The van der Waals surface area contributed by atoms with Crippen molar-refractivity contribution in [3.05, 3.63) is 46.9 Å². The van der Waals surface area contributed by atoms with Gasteiger partial charge in [0.05, 0.1) is 6.20 Å². The Balaban J connectivity index is 1.74. The van der Waals surface area contributed by atoms with E-state index in [1.165, 1.54) is 12.5 Å². The number of nitrogens with zero attached hydrogens (tertiary/aromatic N) is 4. The Labute approximate surface area is 152 Å². The fraction of sp³-hybridized carbons (Fsp3) is 0.421. The normalized spacial score (nSPS) is 21.4. The zero-order valence-electron chi connectivity index (χ0n) is 15.0. The van der Waals surface area contributed by atoms with Gasteiger partial charge in [-0.1, -0.05) is 0 Å². The maximum absolute atomic E-state index is 10.6. The van der Waals surface area contributed by atoms with Crippen LogP contribution in [-0.4, -0.2) is 40.1 Å².